The molecule has 106 valence electrons. The second kappa shape index (κ2) is 6.48. The third kappa shape index (κ3) is 3.90. The maximum absolute atomic E-state index is 12.1. The zero-order valence-corrected chi connectivity index (χ0v) is 11.6. The van der Waals surface area contributed by atoms with Crippen molar-refractivity contribution in [2.24, 2.45) is 0 Å². The lowest BCUT2D eigenvalue weighted by Crippen LogP contribution is -2.32. The van der Waals surface area contributed by atoms with E-state index in [0.29, 0.717) is 0 Å². The van der Waals surface area contributed by atoms with Gasteiger partial charge in [0.25, 0.3) is 0 Å². The number of rotatable bonds is 6. The fourth-order valence-electron chi connectivity index (χ4n) is 1.37. The van der Waals surface area contributed by atoms with E-state index in [-0.39, 0.29) is 24.5 Å². The number of aromatic amines is 1. The van der Waals surface area contributed by atoms with Gasteiger partial charge < -0.3 is 9.72 Å². The van der Waals surface area contributed by atoms with Crippen LogP contribution in [0.1, 0.15) is 13.3 Å². The second-order valence-electron chi connectivity index (χ2n) is 3.75. The van der Waals surface area contributed by atoms with Gasteiger partial charge in [0, 0.05) is 32.1 Å². The van der Waals surface area contributed by atoms with E-state index in [9.17, 15) is 18.0 Å². The molecule has 0 aliphatic carbocycles. The molecular weight excluding hydrogens is 272 g/mol. The van der Waals surface area contributed by atoms with Crippen molar-refractivity contribution < 1.29 is 17.9 Å². The molecule has 1 N–H and O–H groups in total. The van der Waals surface area contributed by atoms with Crippen LogP contribution in [0.5, 0.6) is 0 Å². The minimum Gasteiger partial charge on any atom is -0.466 e. The van der Waals surface area contributed by atoms with Gasteiger partial charge in [-0.2, -0.15) is 0 Å². The van der Waals surface area contributed by atoms with Crippen molar-refractivity contribution in [3.05, 3.63) is 28.7 Å². The normalized spacial score (nSPS) is 11.5. The Bertz CT molecular complexity index is 593. The molecule has 0 aliphatic rings. The number of hydrogen-bond donors (Lipinski definition) is 1. The summed E-state index contributed by atoms with van der Waals surface area (Å²) in [5, 5.41) is 0. The number of nitrogens with one attached hydrogen (secondary N) is 1. The lowest BCUT2D eigenvalue weighted by molar-refractivity contribution is -0.143. The lowest BCUT2D eigenvalue weighted by atomic mass is 10.4. The van der Waals surface area contributed by atoms with Crippen LogP contribution in [0, 0.1) is 0 Å². The molecule has 0 radical (unpaired) electrons. The number of sulfonamides is 1. The minimum atomic E-state index is -3.90. The van der Waals surface area contributed by atoms with Crippen molar-refractivity contribution in [2.45, 2.75) is 18.2 Å². The summed E-state index contributed by atoms with van der Waals surface area (Å²) in [5.41, 5.74) is -0.596. The zero-order chi connectivity index (χ0) is 14.5. The summed E-state index contributed by atoms with van der Waals surface area (Å²) < 4.78 is 29.8. The highest BCUT2D eigenvalue weighted by Gasteiger charge is 2.24. The van der Waals surface area contributed by atoms with Crippen LogP contribution in [0.4, 0.5) is 0 Å². The average Bonchev–Trinajstić information content (AvgIpc) is 2.36. The van der Waals surface area contributed by atoms with Crippen LogP contribution in [0.25, 0.3) is 0 Å². The fraction of sp³-hybridized carbons (Fsp3) is 0.455. The van der Waals surface area contributed by atoms with Crippen LogP contribution in [0.3, 0.4) is 0 Å². The number of esters is 1. The lowest BCUT2D eigenvalue weighted by Gasteiger charge is -2.15. The Balaban J connectivity index is 2.81. The van der Waals surface area contributed by atoms with Gasteiger partial charge in [0.2, 0.25) is 15.5 Å². The van der Waals surface area contributed by atoms with Crippen LogP contribution in [0.2, 0.25) is 0 Å². The van der Waals surface area contributed by atoms with E-state index >= 15 is 0 Å². The number of aromatic nitrogens is 1. The van der Waals surface area contributed by atoms with Crippen molar-refractivity contribution in [3.8, 4) is 0 Å². The van der Waals surface area contributed by atoms with Crippen LogP contribution in [0.15, 0.2) is 28.2 Å². The molecule has 0 saturated heterocycles. The van der Waals surface area contributed by atoms with E-state index in [1.807, 2.05) is 0 Å². The maximum Gasteiger partial charge on any atom is 0.307 e. The Labute approximate surface area is 111 Å². The largest absolute Gasteiger partial charge is 0.466 e. The van der Waals surface area contributed by atoms with Gasteiger partial charge in [-0.1, -0.05) is 0 Å². The molecule has 19 heavy (non-hydrogen) atoms. The maximum atomic E-state index is 12.1. The van der Waals surface area contributed by atoms with Gasteiger partial charge in [-0.15, -0.1) is 0 Å². The molecule has 0 bridgehead atoms. The highest BCUT2D eigenvalue weighted by molar-refractivity contribution is 7.89. The van der Waals surface area contributed by atoms with Crippen LogP contribution in [-0.4, -0.2) is 43.9 Å². The average molecular weight is 288 g/mol. The molecule has 0 saturated carbocycles. The topological polar surface area (TPSA) is 96.5 Å². The Kier molecular flexibility index (Phi) is 5.25. The van der Waals surface area contributed by atoms with Crippen LogP contribution < -0.4 is 5.43 Å². The van der Waals surface area contributed by atoms with E-state index in [1.54, 1.807) is 6.92 Å². The molecule has 0 amide bonds. The van der Waals surface area contributed by atoms with Crippen LogP contribution in [-0.2, 0) is 19.6 Å². The first kappa shape index (κ1) is 15.4. The van der Waals surface area contributed by atoms with Crippen molar-refractivity contribution in [3.63, 3.8) is 0 Å². The highest BCUT2D eigenvalue weighted by Crippen LogP contribution is 2.09. The minimum absolute atomic E-state index is 0.0461. The Morgan fingerprint density at radius 2 is 2.16 bits per heavy atom. The highest BCUT2D eigenvalue weighted by atomic mass is 32.2. The van der Waals surface area contributed by atoms with Crippen molar-refractivity contribution in [1.29, 1.82) is 0 Å². The van der Waals surface area contributed by atoms with Crippen molar-refractivity contribution >= 4 is 16.0 Å². The summed E-state index contributed by atoms with van der Waals surface area (Å²) in [4.78, 5) is 24.9. The molecule has 7 nitrogen and oxygen atoms in total. The predicted molar refractivity (Wildman–Crippen MR) is 68.1 cm³/mol. The number of nitrogens with zero attached hydrogens (tertiary/aromatic N) is 1. The van der Waals surface area contributed by atoms with Gasteiger partial charge in [-0.05, 0) is 6.92 Å². The molecule has 1 aromatic rings. The molecule has 0 atom stereocenters. The Morgan fingerprint density at radius 3 is 2.74 bits per heavy atom. The monoisotopic (exact) mass is 288 g/mol. The molecule has 0 spiro atoms. The number of ether oxygens (including phenoxy) is 1. The van der Waals surface area contributed by atoms with Gasteiger partial charge in [-0.25, -0.2) is 12.7 Å². The summed E-state index contributed by atoms with van der Waals surface area (Å²) >= 11 is 0. The standard InChI is InChI=1S/C11H16N2O5S/c1-3-18-11(15)5-7-13(2)19(16,17)10-8-12-6-4-9(10)14/h4,6,8H,3,5,7H2,1-2H3,(H,12,14). The first-order valence-corrected chi connectivity index (χ1v) is 7.12. The second-order valence-corrected chi connectivity index (χ2v) is 5.77. The Hall–Kier alpha value is -1.67. The smallest absolute Gasteiger partial charge is 0.307 e. The fourth-order valence-corrected chi connectivity index (χ4v) is 2.58. The molecular formula is C11H16N2O5S. The Morgan fingerprint density at radius 1 is 1.47 bits per heavy atom. The van der Waals surface area contributed by atoms with E-state index < -0.39 is 21.4 Å². The molecule has 1 rings (SSSR count). The summed E-state index contributed by atoms with van der Waals surface area (Å²) in [6.45, 7) is 1.87. The molecule has 1 heterocycles. The van der Waals surface area contributed by atoms with E-state index in [1.165, 1.54) is 13.2 Å². The van der Waals surface area contributed by atoms with Gasteiger partial charge in [0.15, 0.2) is 0 Å². The van der Waals surface area contributed by atoms with Gasteiger partial charge in [0.1, 0.15) is 4.90 Å². The summed E-state index contributed by atoms with van der Waals surface area (Å²) in [7, 11) is -2.59. The van der Waals surface area contributed by atoms with Gasteiger partial charge in [0.05, 0.1) is 13.0 Å². The number of H-pyrrole nitrogens is 1. The molecule has 8 heteroatoms. The van der Waals surface area contributed by atoms with Crippen molar-refractivity contribution in [1.82, 2.24) is 9.29 Å². The van der Waals surface area contributed by atoms with E-state index in [4.69, 9.17) is 4.74 Å². The predicted octanol–water partition coefficient (Wildman–Crippen LogP) is -0.0514. The first-order valence-electron chi connectivity index (χ1n) is 5.68. The number of pyridine rings is 1. The van der Waals surface area contributed by atoms with Crippen LogP contribution >= 0.6 is 0 Å². The molecule has 1 aromatic heterocycles. The molecule has 0 fully saturated rings. The number of hydrogen-bond acceptors (Lipinski definition) is 5. The van der Waals surface area contributed by atoms with E-state index in [0.717, 1.165) is 16.6 Å². The third-order valence-corrected chi connectivity index (χ3v) is 4.29. The quantitative estimate of drug-likeness (QED) is 0.740. The zero-order valence-electron chi connectivity index (χ0n) is 10.8. The van der Waals surface area contributed by atoms with Crippen molar-refractivity contribution in [2.75, 3.05) is 20.2 Å². The number of carbonyl (C=O) groups excluding carboxylic acids is 1. The summed E-state index contributed by atoms with van der Waals surface area (Å²) in [6, 6.07) is 1.13. The van der Waals surface area contributed by atoms with Gasteiger partial charge in [-0.3, -0.25) is 9.59 Å². The molecule has 0 unspecified atom stereocenters. The molecule has 0 aromatic carbocycles. The summed E-state index contributed by atoms with van der Waals surface area (Å²) in [5.74, 6) is -0.480. The van der Waals surface area contributed by atoms with E-state index in [2.05, 4.69) is 4.98 Å². The SMILES string of the molecule is CCOC(=O)CCN(C)S(=O)(=O)c1c[nH]ccc1=O. The number of carbonyl (C=O) groups is 1. The third-order valence-electron chi connectivity index (χ3n) is 2.41. The van der Waals surface area contributed by atoms with Gasteiger partial charge >= 0.3 is 5.97 Å². The summed E-state index contributed by atoms with van der Waals surface area (Å²) in [6.07, 6.45) is 2.41. The molecule has 0 aliphatic heterocycles. The first-order chi connectivity index (χ1) is 8.89.